The zero-order valence-electron chi connectivity index (χ0n) is 17.9. The molecule has 170 valence electrons. The SMILES string of the molecule is COc1ccc(CN2C(=O)[C@H]3CCCC[C@H]3C2=O)cc1S(=O)(=O)Nc1ccc(C)c(Cl)c1. The normalized spacial score (nSPS) is 20.9. The molecule has 1 aliphatic heterocycles. The van der Waals surface area contributed by atoms with Gasteiger partial charge in [0, 0.05) is 5.02 Å². The van der Waals surface area contributed by atoms with Gasteiger partial charge in [-0.25, -0.2) is 8.42 Å². The number of sulfonamides is 1. The second-order valence-corrected chi connectivity index (χ2v) is 10.4. The lowest BCUT2D eigenvalue weighted by molar-refractivity contribution is -0.140. The Morgan fingerprint density at radius 1 is 1.06 bits per heavy atom. The van der Waals surface area contributed by atoms with E-state index >= 15 is 0 Å². The standard InChI is InChI=1S/C23H25ClN2O5S/c1-14-7-9-16(12-19(14)24)25-32(29,30)21-11-15(8-10-20(21)31-2)13-26-22(27)17-5-3-4-6-18(17)23(26)28/h7-12,17-18,25H,3-6,13H2,1-2H3/t17-,18+. The second kappa shape index (κ2) is 8.75. The van der Waals surface area contributed by atoms with Crippen molar-refractivity contribution in [3.8, 4) is 5.75 Å². The van der Waals surface area contributed by atoms with Gasteiger partial charge in [-0.3, -0.25) is 19.2 Å². The molecule has 1 aliphatic carbocycles. The van der Waals surface area contributed by atoms with Crippen LogP contribution in [0, 0.1) is 18.8 Å². The first-order chi connectivity index (χ1) is 15.2. The maximum absolute atomic E-state index is 13.1. The summed E-state index contributed by atoms with van der Waals surface area (Å²) in [6, 6.07) is 9.52. The lowest BCUT2D eigenvalue weighted by Crippen LogP contribution is -2.30. The van der Waals surface area contributed by atoms with Crippen molar-refractivity contribution in [3.63, 3.8) is 0 Å². The van der Waals surface area contributed by atoms with E-state index in [0.29, 0.717) is 16.3 Å². The van der Waals surface area contributed by atoms with Gasteiger partial charge in [-0.15, -0.1) is 0 Å². The molecule has 1 saturated heterocycles. The van der Waals surface area contributed by atoms with Gasteiger partial charge in [0.25, 0.3) is 10.0 Å². The monoisotopic (exact) mass is 476 g/mol. The van der Waals surface area contributed by atoms with E-state index < -0.39 is 10.0 Å². The fraction of sp³-hybridized carbons (Fsp3) is 0.391. The minimum Gasteiger partial charge on any atom is -0.495 e. The number of carbonyl (C=O) groups is 2. The number of carbonyl (C=O) groups excluding carboxylic acids is 2. The quantitative estimate of drug-likeness (QED) is 0.632. The first-order valence-electron chi connectivity index (χ1n) is 10.5. The van der Waals surface area contributed by atoms with E-state index in [9.17, 15) is 18.0 Å². The smallest absolute Gasteiger partial charge is 0.265 e. The molecule has 2 aromatic rings. The van der Waals surface area contributed by atoms with Crippen LogP contribution in [0.2, 0.25) is 5.02 Å². The number of benzene rings is 2. The van der Waals surface area contributed by atoms with E-state index in [2.05, 4.69) is 4.72 Å². The van der Waals surface area contributed by atoms with Crippen molar-refractivity contribution in [2.75, 3.05) is 11.8 Å². The molecular weight excluding hydrogens is 452 g/mol. The number of rotatable bonds is 6. The number of halogens is 1. The summed E-state index contributed by atoms with van der Waals surface area (Å²) in [5.41, 5.74) is 1.69. The molecule has 1 N–H and O–H groups in total. The predicted molar refractivity (Wildman–Crippen MR) is 121 cm³/mol. The summed E-state index contributed by atoms with van der Waals surface area (Å²) in [5, 5.41) is 0.443. The third-order valence-corrected chi connectivity index (χ3v) is 8.02. The Labute approximate surface area is 192 Å². The molecule has 1 saturated carbocycles. The van der Waals surface area contributed by atoms with Gasteiger partial charge in [-0.2, -0.15) is 0 Å². The van der Waals surface area contributed by atoms with Crippen molar-refractivity contribution in [3.05, 3.63) is 52.5 Å². The minimum absolute atomic E-state index is 0.0353. The van der Waals surface area contributed by atoms with Gasteiger partial charge in [-0.05, 0) is 55.2 Å². The van der Waals surface area contributed by atoms with Crippen LogP contribution in [0.5, 0.6) is 5.75 Å². The van der Waals surface area contributed by atoms with Crippen LogP contribution in [-0.4, -0.2) is 32.2 Å². The van der Waals surface area contributed by atoms with E-state index in [-0.39, 0.29) is 40.8 Å². The molecule has 9 heteroatoms. The van der Waals surface area contributed by atoms with Gasteiger partial charge in [0.15, 0.2) is 0 Å². The van der Waals surface area contributed by atoms with E-state index in [1.165, 1.54) is 30.2 Å². The zero-order valence-corrected chi connectivity index (χ0v) is 19.5. The van der Waals surface area contributed by atoms with Crippen molar-refractivity contribution in [2.24, 2.45) is 11.8 Å². The third-order valence-electron chi connectivity index (χ3n) is 6.21. The van der Waals surface area contributed by atoms with Crippen molar-refractivity contribution >= 4 is 39.1 Å². The molecule has 2 aromatic carbocycles. The number of imide groups is 1. The Balaban J connectivity index is 1.62. The third kappa shape index (κ3) is 4.21. The number of hydrogen-bond donors (Lipinski definition) is 1. The summed E-state index contributed by atoms with van der Waals surface area (Å²) >= 11 is 6.12. The molecule has 2 atom stereocenters. The van der Waals surface area contributed by atoms with Crippen LogP contribution in [-0.2, 0) is 26.2 Å². The maximum atomic E-state index is 13.1. The second-order valence-electron chi connectivity index (χ2n) is 8.31. The molecule has 2 fully saturated rings. The van der Waals surface area contributed by atoms with Gasteiger partial charge < -0.3 is 4.74 Å². The number of fused-ring (bicyclic) bond motifs is 1. The Hall–Kier alpha value is -2.58. The van der Waals surface area contributed by atoms with Gasteiger partial charge >= 0.3 is 0 Å². The topological polar surface area (TPSA) is 92.8 Å². The van der Waals surface area contributed by atoms with Crippen molar-refractivity contribution in [2.45, 2.75) is 44.0 Å². The van der Waals surface area contributed by atoms with Crippen LogP contribution >= 0.6 is 11.6 Å². The van der Waals surface area contributed by atoms with Crippen molar-refractivity contribution < 1.29 is 22.7 Å². The molecular formula is C23H25ClN2O5S. The molecule has 0 aromatic heterocycles. The number of aryl methyl sites for hydroxylation is 1. The van der Waals surface area contributed by atoms with Gasteiger partial charge in [0.1, 0.15) is 10.6 Å². The highest BCUT2D eigenvalue weighted by atomic mass is 35.5. The Morgan fingerprint density at radius 3 is 2.31 bits per heavy atom. The van der Waals surface area contributed by atoms with Crippen LogP contribution in [0.3, 0.4) is 0 Å². The zero-order chi connectivity index (χ0) is 23.0. The average molecular weight is 477 g/mol. The van der Waals surface area contributed by atoms with Crippen LogP contribution in [0.1, 0.15) is 36.8 Å². The number of amides is 2. The number of anilines is 1. The van der Waals surface area contributed by atoms with Crippen LogP contribution in [0.25, 0.3) is 0 Å². The van der Waals surface area contributed by atoms with Gasteiger partial charge in [0.2, 0.25) is 11.8 Å². The highest BCUT2D eigenvalue weighted by Gasteiger charge is 2.47. The number of likely N-dealkylation sites (tertiary alicyclic amines) is 1. The Morgan fingerprint density at radius 2 is 1.72 bits per heavy atom. The van der Waals surface area contributed by atoms with Crippen LogP contribution in [0.15, 0.2) is 41.3 Å². The molecule has 4 rings (SSSR count). The summed E-state index contributed by atoms with van der Waals surface area (Å²) in [5.74, 6) is -0.650. The largest absolute Gasteiger partial charge is 0.495 e. The summed E-state index contributed by atoms with van der Waals surface area (Å²) in [6.07, 6.45) is 3.37. The Kier molecular flexibility index (Phi) is 6.18. The molecule has 1 heterocycles. The van der Waals surface area contributed by atoms with Crippen LogP contribution in [0.4, 0.5) is 5.69 Å². The molecule has 32 heavy (non-hydrogen) atoms. The number of ether oxygens (including phenoxy) is 1. The lowest BCUT2D eigenvalue weighted by atomic mass is 9.81. The van der Waals surface area contributed by atoms with Gasteiger partial charge in [-0.1, -0.05) is 36.6 Å². The molecule has 0 bridgehead atoms. The Bertz CT molecular complexity index is 1160. The van der Waals surface area contributed by atoms with Crippen molar-refractivity contribution in [1.82, 2.24) is 4.90 Å². The van der Waals surface area contributed by atoms with Gasteiger partial charge in [0.05, 0.1) is 31.2 Å². The molecule has 0 unspecified atom stereocenters. The molecule has 0 radical (unpaired) electrons. The number of nitrogens with one attached hydrogen (secondary N) is 1. The highest BCUT2D eigenvalue weighted by molar-refractivity contribution is 7.92. The summed E-state index contributed by atoms with van der Waals surface area (Å²) in [7, 11) is -2.63. The summed E-state index contributed by atoms with van der Waals surface area (Å²) in [6.45, 7) is 1.86. The minimum atomic E-state index is -4.01. The fourth-order valence-electron chi connectivity index (χ4n) is 4.47. The van der Waals surface area contributed by atoms with Crippen molar-refractivity contribution in [1.29, 1.82) is 0 Å². The van der Waals surface area contributed by atoms with E-state index in [1.54, 1.807) is 18.2 Å². The molecule has 2 aliphatic rings. The lowest BCUT2D eigenvalue weighted by Gasteiger charge is -2.19. The first kappa shape index (κ1) is 22.6. The molecule has 2 amide bonds. The predicted octanol–water partition coefficient (Wildman–Crippen LogP) is 4.13. The highest BCUT2D eigenvalue weighted by Crippen LogP contribution is 2.39. The average Bonchev–Trinajstić information content (AvgIpc) is 3.01. The first-order valence-corrected chi connectivity index (χ1v) is 12.4. The number of nitrogens with zero attached hydrogens (tertiary/aromatic N) is 1. The number of hydrogen-bond acceptors (Lipinski definition) is 5. The number of methoxy groups -OCH3 is 1. The summed E-state index contributed by atoms with van der Waals surface area (Å²) < 4.78 is 34.0. The molecule has 7 nitrogen and oxygen atoms in total. The van der Waals surface area contributed by atoms with E-state index in [4.69, 9.17) is 16.3 Å². The van der Waals surface area contributed by atoms with E-state index in [1.807, 2.05) is 6.92 Å². The maximum Gasteiger partial charge on any atom is 0.265 e. The molecule has 0 spiro atoms. The van der Waals surface area contributed by atoms with Crippen LogP contribution < -0.4 is 9.46 Å². The summed E-state index contributed by atoms with van der Waals surface area (Å²) in [4.78, 5) is 26.8. The fourth-order valence-corrected chi connectivity index (χ4v) is 5.92. The van der Waals surface area contributed by atoms with E-state index in [0.717, 1.165) is 31.2 Å².